The Hall–Kier alpha value is -0.930. The molecule has 0 rings (SSSR count). The quantitative estimate of drug-likeness (QED) is 0.332. The Morgan fingerprint density at radius 1 is 1.05 bits per heavy atom. The van der Waals surface area contributed by atoms with Crippen molar-refractivity contribution < 1.29 is 19.5 Å². The van der Waals surface area contributed by atoms with E-state index in [1.165, 1.54) is 37.4 Å². The lowest BCUT2D eigenvalue weighted by atomic mass is 10.1. The Morgan fingerprint density at radius 3 is 1.68 bits per heavy atom. The second-order valence-electron chi connectivity index (χ2n) is 3.91. The summed E-state index contributed by atoms with van der Waals surface area (Å²) in [6.07, 6.45) is 0. The van der Waals surface area contributed by atoms with E-state index < -0.39 is 11.5 Å². The maximum Gasteiger partial charge on any atom is 0.325 e. The van der Waals surface area contributed by atoms with Crippen molar-refractivity contribution in [1.82, 2.24) is 10.6 Å². The van der Waals surface area contributed by atoms with Crippen molar-refractivity contribution in [2.24, 2.45) is 5.73 Å². The van der Waals surface area contributed by atoms with Gasteiger partial charge in [-0.2, -0.15) is 0 Å². The van der Waals surface area contributed by atoms with Crippen LogP contribution in [-0.4, -0.2) is 51.7 Å². The molecule has 0 radical (unpaired) electrons. The largest absolute Gasteiger partial charge is 0.480 e. The van der Waals surface area contributed by atoms with Crippen LogP contribution in [-0.2, 0) is 14.4 Å². The van der Waals surface area contributed by atoms with Crippen molar-refractivity contribution in [2.45, 2.75) is 19.4 Å². The van der Waals surface area contributed by atoms with Gasteiger partial charge in [-0.1, -0.05) is 0 Å². The molecule has 0 unspecified atom stereocenters. The molecule has 0 saturated carbocycles. The minimum atomic E-state index is -1.38. The van der Waals surface area contributed by atoms with Crippen LogP contribution >= 0.6 is 23.5 Å². The zero-order valence-electron chi connectivity index (χ0n) is 10.9. The molecular weight excluding hydrogens is 290 g/mol. The van der Waals surface area contributed by atoms with E-state index in [1.54, 1.807) is 0 Å². The van der Waals surface area contributed by atoms with Gasteiger partial charge in [0.2, 0.25) is 11.8 Å². The number of carboxylic acid groups (broad SMARTS) is 1. The highest BCUT2D eigenvalue weighted by atomic mass is 32.2. The highest BCUT2D eigenvalue weighted by Crippen LogP contribution is 2.16. The lowest BCUT2D eigenvalue weighted by Gasteiger charge is -2.23. The molecule has 7 nitrogen and oxygen atoms in total. The monoisotopic (exact) mass is 309 g/mol. The summed E-state index contributed by atoms with van der Waals surface area (Å²) in [5, 5.41) is 14.2. The summed E-state index contributed by atoms with van der Waals surface area (Å²) in [6, 6.07) is 0. The summed E-state index contributed by atoms with van der Waals surface area (Å²) in [7, 11) is 0. The molecule has 19 heavy (non-hydrogen) atoms. The van der Waals surface area contributed by atoms with Gasteiger partial charge in [0.1, 0.15) is 5.54 Å². The topological polar surface area (TPSA) is 122 Å². The molecular formula is C10H19N3O4S2. The second-order valence-corrected chi connectivity index (χ2v) is 5.88. The number of amides is 2. The van der Waals surface area contributed by atoms with Crippen molar-refractivity contribution in [1.29, 1.82) is 0 Å². The maximum absolute atomic E-state index is 11.2. The van der Waals surface area contributed by atoms with Gasteiger partial charge >= 0.3 is 5.97 Å². The number of carbonyl (C=O) groups excluding carboxylic acids is 2. The fourth-order valence-corrected chi connectivity index (χ4v) is 3.06. The Labute approximate surface area is 120 Å². The van der Waals surface area contributed by atoms with Gasteiger partial charge < -0.3 is 21.5 Å². The lowest BCUT2D eigenvalue weighted by molar-refractivity contribution is -0.141. The molecule has 110 valence electrons. The molecule has 0 spiro atoms. The lowest BCUT2D eigenvalue weighted by Crippen LogP contribution is -2.53. The van der Waals surface area contributed by atoms with E-state index >= 15 is 0 Å². The van der Waals surface area contributed by atoms with Gasteiger partial charge in [0.05, 0.1) is 11.8 Å². The molecule has 0 aromatic carbocycles. The van der Waals surface area contributed by atoms with Gasteiger partial charge in [-0.25, -0.2) is 0 Å². The molecule has 0 aliphatic heterocycles. The molecule has 0 aromatic rings. The first-order chi connectivity index (χ1) is 8.78. The van der Waals surface area contributed by atoms with Crippen LogP contribution in [0.5, 0.6) is 0 Å². The molecule has 0 heterocycles. The summed E-state index contributed by atoms with van der Waals surface area (Å²) in [4.78, 5) is 32.5. The van der Waals surface area contributed by atoms with E-state index in [2.05, 4.69) is 10.6 Å². The Morgan fingerprint density at radius 2 is 1.42 bits per heavy atom. The molecule has 0 atom stereocenters. The van der Waals surface area contributed by atoms with Gasteiger partial charge in [0, 0.05) is 25.4 Å². The molecule has 2 amide bonds. The Balaban J connectivity index is 4.08. The van der Waals surface area contributed by atoms with E-state index in [1.807, 2.05) is 0 Å². The summed E-state index contributed by atoms with van der Waals surface area (Å²) in [5.41, 5.74) is 4.43. The molecule has 0 saturated heterocycles. The molecule has 9 heteroatoms. The van der Waals surface area contributed by atoms with Crippen molar-refractivity contribution in [3.05, 3.63) is 0 Å². The minimum absolute atomic E-state index is 0.175. The summed E-state index contributed by atoms with van der Waals surface area (Å²) in [6.45, 7) is 2.77. The van der Waals surface area contributed by atoms with Gasteiger partial charge in [-0.3, -0.25) is 14.4 Å². The highest BCUT2D eigenvalue weighted by Gasteiger charge is 2.33. The highest BCUT2D eigenvalue weighted by molar-refractivity contribution is 8.00. The zero-order valence-corrected chi connectivity index (χ0v) is 12.5. The number of carboxylic acids is 1. The average Bonchev–Trinajstić information content (AvgIpc) is 2.29. The number of rotatable bonds is 9. The third-order valence-electron chi connectivity index (χ3n) is 1.99. The number of nitrogens with one attached hydrogen (secondary N) is 2. The van der Waals surface area contributed by atoms with Crippen LogP contribution in [0.1, 0.15) is 13.8 Å². The van der Waals surface area contributed by atoms with Gasteiger partial charge in [-0.15, -0.1) is 23.5 Å². The number of nitrogens with two attached hydrogens (primary N) is 1. The van der Waals surface area contributed by atoms with E-state index in [4.69, 9.17) is 10.8 Å². The van der Waals surface area contributed by atoms with Crippen molar-refractivity contribution in [3.63, 3.8) is 0 Å². The van der Waals surface area contributed by atoms with E-state index in [0.717, 1.165) is 0 Å². The predicted octanol–water partition coefficient (Wildman–Crippen LogP) is -0.578. The molecule has 5 N–H and O–H groups in total. The number of hydrogen-bond donors (Lipinski definition) is 4. The molecule has 0 bridgehead atoms. The first kappa shape index (κ1) is 18.1. The smallest absolute Gasteiger partial charge is 0.325 e. The maximum atomic E-state index is 11.2. The van der Waals surface area contributed by atoms with E-state index in [0.29, 0.717) is 11.8 Å². The third-order valence-corrected chi connectivity index (χ3v) is 4.13. The summed E-state index contributed by atoms with van der Waals surface area (Å²) >= 11 is 2.49. The Bertz CT molecular complexity index is 317. The number of carbonyl (C=O) groups is 3. The molecule has 0 aromatic heterocycles. The fourth-order valence-electron chi connectivity index (χ4n) is 0.937. The van der Waals surface area contributed by atoms with Gasteiger partial charge in [0.15, 0.2) is 0 Å². The summed E-state index contributed by atoms with van der Waals surface area (Å²) < 4.78 is 0. The van der Waals surface area contributed by atoms with Gasteiger partial charge in [0.25, 0.3) is 0 Å². The molecule has 0 fully saturated rings. The van der Waals surface area contributed by atoms with Crippen LogP contribution in [0.25, 0.3) is 0 Å². The molecule has 0 aliphatic rings. The average molecular weight is 309 g/mol. The zero-order chi connectivity index (χ0) is 14.9. The van der Waals surface area contributed by atoms with Crippen molar-refractivity contribution in [2.75, 3.05) is 23.3 Å². The first-order valence-electron chi connectivity index (χ1n) is 5.44. The second kappa shape index (κ2) is 9.05. The predicted molar refractivity (Wildman–Crippen MR) is 76.8 cm³/mol. The van der Waals surface area contributed by atoms with Crippen LogP contribution in [0.4, 0.5) is 0 Å². The third kappa shape index (κ3) is 8.73. The Kier molecular flexibility index (Phi) is 8.61. The van der Waals surface area contributed by atoms with Crippen molar-refractivity contribution in [3.8, 4) is 0 Å². The fraction of sp³-hybridized carbons (Fsp3) is 0.700. The SMILES string of the molecule is CC(=O)NCSCC(N)(CSCNC(C)=O)C(=O)O. The molecule has 0 aliphatic carbocycles. The number of thioether (sulfide) groups is 2. The van der Waals surface area contributed by atoms with Crippen LogP contribution in [0.15, 0.2) is 0 Å². The summed E-state index contributed by atoms with van der Waals surface area (Å²) in [5.74, 6) is -0.463. The van der Waals surface area contributed by atoms with Crippen LogP contribution < -0.4 is 16.4 Å². The van der Waals surface area contributed by atoms with E-state index in [9.17, 15) is 14.4 Å². The van der Waals surface area contributed by atoms with Gasteiger partial charge in [-0.05, 0) is 0 Å². The van der Waals surface area contributed by atoms with Crippen LogP contribution in [0, 0.1) is 0 Å². The number of hydrogen-bond acceptors (Lipinski definition) is 6. The van der Waals surface area contributed by atoms with E-state index in [-0.39, 0.29) is 23.3 Å². The standard InChI is InChI=1S/C10H19N3O4S2/c1-7(14)12-5-18-3-10(11,9(16)17)4-19-6-13-8(2)15/h3-6,11H2,1-2H3,(H,12,14)(H,13,15)(H,16,17). The van der Waals surface area contributed by atoms with Crippen LogP contribution in [0.3, 0.4) is 0 Å². The number of aliphatic carboxylic acids is 1. The van der Waals surface area contributed by atoms with Crippen LogP contribution in [0.2, 0.25) is 0 Å². The first-order valence-corrected chi connectivity index (χ1v) is 7.75. The van der Waals surface area contributed by atoms with Crippen molar-refractivity contribution >= 4 is 41.3 Å². The minimum Gasteiger partial charge on any atom is -0.480 e. The normalized spacial score (nSPS) is 10.9.